The zero-order valence-electron chi connectivity index (χ0n) is 10.8. The van der Waals surface area contributed by atoms with E-state index < -0.39 is 0 Å². The minimum atomic E-state index is -0.270. The van der Waals surface area contributed by atoms with Crippen molar-refractivity contribution in [3.8, 4) is 0 Å². The summed E-state index contributed by atoms with van der Waals surface area (Å²) in [6, 6.07) is 9.95. The van der Waals surface area contributed by atoms with Gasteiger partial charge in [0.15, 0.2) is 0 Å². The molecule has 19 heavy (non-hydrogen) atoms. The fraction of sp³-hybridized carbons (Fsp3) is 0.267. The van der Waals surface area contributed by atoms with Crippen LogP contribution in [-0.4, -0.2) is 17.9 Å². The average molecular weight is 261 g/mol. The predicted octanol–water partition coefficient (Wildman–Crippen LogP) is 3.01. The number of furan rings is 1. The minimum absolute atomic E-state index is 0.0145. The third-order valence-electron chi connectivity index (χ3n) is 2.92. The van der Waals surface area contributed by atoms with Crippen LogP contribution in [0.4, 0.5) is 4.39 Å². The fourth-order valence-corrected chi connectivity index (χ4v) is 1.86. The second-order valence-corrected chi connectivity index (χ2v) is 4.46. The maximum absolute atomic E-state index is 13.0. The Hall–Kier alpha value is -2.10. The van der Waals surface area contributed by atoms with Crippen molar-refractivity contribution in [2.45, 2.75) is 19.4 Å². The first-order valence-electron chi connectivity index (χ1n) is 6.16. The summed E-state index contributed by atoms with van der Waals surface area (Å²) in [7, 11) is 1.73. The summed E-state index contributed by atoms with van der Waals surface area (Å²) in [5.41, 5.74) is 0.833. The SMILES string of the molecule is CN(Cc1ccco1)C(=O)CCc1cccc(F)c1. The Morgan fingerprint density at radius 1 is 1.32 bits per heavy atom. The molecule has 0 saturated heterocycles. The molecule has 0 saturated carbocycles. The van der Waals surface area contributed by atoms with E-state index in [1.165, 1.54) is 12.1 Å². The number of aryl methyl sites for hydroxylation is 1. The molecule has 2 rings (SSSR count). The van der Waals surface area contributed by atoms with E-state index >= 15 is 0 Å². The van der Waals surface area contributed by atoms with Crippen LogP contribution in [0.25, 0.3) is 0 Å². The van der Waals surface area contributed by atoms with Gasteiger partial charge in [0.25, 0.3) is 0 Å². The van der Waals surface area contributed by atoms with Crippen molar-refractivity contribution in [2.75, 3.05) is 7.05 Å². The zero-order valence-corrected chi connectivity index (χ0v) is 10.8. The summed E-state index contributed by atoms with van der Waals surface area (Å²) in [6.07, 6.45) is 2.49. The molecule has 4 heteroatoms. The van der Waals surface area contributed by atoms with E-state index in [1.54, 1.807) is 30.3 Å². The summed E-state index contributed by atoms with van der Waals surface area (Å²) in [5, 5.41) is 0. The monoisotopic (exact) mass is 261 g/mol. The first-order valence-corrected chi connectivity index (χ1v) is 6.16. The first-order chi connectivity index (χ1) is 9.15. The van der Waals surface area contributed by atoms with Gasteiger partial charge in [0.2, 0.25) is 5.91 Å². The summed E-state index contributed by atoms with van der Waals surface area (Å²) < 4.78 is 18.2. The Balaban J connectivity index is 1.84. The minimum Gasteiger partial charge on any atom is -0.467 e. The molecular formula is C15H16FNO2. The third-order valence-corrected chi connectivity index (χ3v) is 2.92. The summed E-state index contributed by atoms with van der Waals surface area (Å²) in [5.74, 6) is 0.496. The topological polar surface area (TPSA) is 33.5 Å². The number of amides is 1. The van der Waals surface area contributed by atoms with Crippen LogP contribution in [0.15, 0.2) is 47.1 Å². The van der Waals surface area contributed by atoms with Gasteiger partial charge >= 0.3 is 0 Å². The highest BCUT2D eigenvalue weighted by Gasteiger charge is 2.10. The van der Waals surface area contributed by atoms with Crippen LogP contribution in [0, 0.1) is 5.82 Å². The molecule has 0 N–H and O–H groups in total. The van der Waals surface area contributed by atoms with Crippen LogP contribution >= 0.6 is 0 Å². The van der Waals surface area contributed by atoms with Gasteiger partial charge < -0.3 is 9.32 Å². The Morgan fingerprint density at radius 2 is 2.16 bits per heavy atom. The third kappa shape index (κ3) is 3.95. The highest BCUT2D eigenvalue weighted by atomic mass is 19.1. The molecule has 1 aromatic carbocycles. The zero-order chi connectivity index (χ0) is 13.7. The molecule has 3 nitrogen and oxygen atoms in total. The van der Waals surface area contributed by atoms with Gasteiger partial charge in [-0.3, -0.25) is 4.79 Å². The molecule has 0 bridgehead atoms. The fourth-order valence-electron chi connectivity index (χ4n) is 1.86. The van der Waals surface area contributed by atoms with Gasteiger partial charge in [-0.15, -0.1) is 0 Å². The molecule has 2 aromatic rings. The molecule has 0 radical (unpaired) electrons. The molecule has 0 spiro atoms. The lowest BCUT2D eigenvalue weighted by Gasteiger charge is -2.15. The highest BCUT2D eigenvalue weighted by Crippen LogP contribution is 2.09. The molecule has 0 aliphatic carbocycles. The van der Waals surface area contributed by atoms with Crippen molar-refractivity contribution in [1.82, 2.24) is 4.90 Å². The van der Waals surface area contributed by atoms with E-state index in [0.29, 0.717) is 19.4 Å². The second kappa shape index (κ2) is 6.18. The van der Waals surface area contributed by atoms with Crippen molar-refractivity contribution in [3.63, 3.8) is 0 Å². The van der Waals surface area contributed by atoms with Gasteiger partial charge in [-0.1, -0.05) is 12.1 Å². The van der Waals surface area contributed by atoms with Gasteiger partial charge in [0, 0.05) is 13.5 Å². The van der Waals surface area contributed by atoms with E-state index in [0.717, 1.165) is 11.3 Å². The maximum atomic E-state index is 13.0. The lowest BCUT2D eigenvalue weighted by Crippen LogP contribution is -2.26. The van der Waals surface area contributed by atoms with Crippen molar-refractivity contribution in [1.29, 1.82) is 0 Å². The number of hydrogen-bond acceptors (Lipinski definition) is 2. The predicted molar refractivity (Wildman–Crippen MR) is 69.9 cm³/mol. The molecule has 0 atom stereocenters. The van der Waals surface area contributed by atoms with E-state index in [1.807, 2.05) is 12.1 Å². The van der Waals surface area contributed by atoms with E-state index in [9.17, 15) is 9.18 Å². The molecule has 0 aliphatic rings. The van der Waals surface area contributed by atoms with Gasteiger partial charge in [-0.2, -0.15) is 0 Å². The Kier molecular flexibility index (Phi) is 4.34. The maximum Gasteiger partial charge on any atom is 0.223 e. The summed E-state index contributed by atoms with van der Waals surface area (Å²) >= 11 is 0. The lowest BCUT2D eigenvalue weighted by molar-refractivity contribution is -0.130. The average Bonchev–Trinajstić information content (AvgIpc) is 2.89. The van der Waals surface area contributed by atoms with Crippen LogP contribution in [0.2, 0.25) is 0 Å². The van der Waals surface area contributed by atoms with Crippen molar-refractivity contribution in [3.05, 3.63) is 59.8 Å². The molecule has 1 aromatic heterocycles. The number of nitrogens with zero attached hydrogens (tertiary/aromatic N) is 1. The van der Waals surface area contributed by atoms with Crippen molar-refractivity contribution in [2.24, 2.45) is 0 Å². The summed E-state index contributed by atoms with van der Waals surface area (Å²) in [4.78, 5) is 13.5. The molecule has 0 aliphatic heterocycles. The molecule has 1 amide bonds. The lowest BCUT2D eigenvalue weighted by atomic mass is 10.1. The normalized spacial score (nSPS) is 10.4. The first kappa shape index (κ1) is 13.3. The standard InChI is InChI=1S/C15H16FNO2/c1-17(11-14-6-3-9-19-14)15(18)8-7-12-4-2-5-13(16)10-12/h2-6,9-10H,7-8,11H2,1H3. The van der Waals surface area contributed by atoms with Crippen LogP contribution in [0.5, 0.6) is 0 Å². The van der Waals surface area contributed by atoms with Crippen LogP contribution in [0.3, 0.4) is 0 Å². The van der Waals surface area contributed by atoms with E-state index in [-0.39, 0.29) is 11.7 Å². The summed E-state index contributed by atoms with van der Waals surface area (Å²) in [6.45, 7) is 0.453. The van der Waals surface area contributed by atoms with Gasteiger partial charge in [0.1, 0.15) is 11.6 Å². The van der Waals surface area contributed by atoms with Crippen molar-refractivity contribution < 1.29 is 13.6 Å². The number of carbonyl (C=O) groups excluding carboxylic acids is 1. The van der Waals surface area contributed by atoms with Crippen LogP contribution < -0.4 is 0 Å². The van der Waals surface area contributed by atoms with Gasteiger partial charge in [-0.05, 0) is 36.2 Å². The quantitative estimate of drug-likeness (QED) is 0.829. The Labute approximate surface area is 111 Å². The van der Waals surface area contributed by atoms with Crippen molar-refractivity contribution >= 4 is 5.91 Å². The van der Waals surface area contributed by atoms with Crippen LogP contribution in [-0.2, 0) is 17.8 Å². The van der Waals surface area contributed by atoms with Crippen LogP contribution in [0.1, 0.15) is 17.7 Å². The van der Waals surface area contributed by atoms with E-state index in [2.05, 4.69) is 0 Å². The molecule has 1 heterocycles. The highest BCUT2D eigenvalue weighted by molar-refractivity contribution is 5.76. The largest absolute Gasteiger partial charge is 0.467 e. The number of rotatable bonds is 5. The molecule has 0 fully saturated rings. The number of halogens is 1. The van der Waals surface area contributed by atoms with Gasteiger partial charge in [0.05, 0.1) is 12.8 Å². The number of carbonyl (C=O) groups is 1. The molecule has 0 unspecified atom stereocenters. The Morgan fingerprint density at radius 3 is 2.84 bits per heavy atom. The van der Waals surface area contributed by atoms with E-state index in [4.69, 9.17) is 4.42 Å². The smallest absolute Gasteiger partial charge is 0.223 e. The number of hydrogen-bond donors (Lipinski definition) is 0. The molecule has 100 valence electrons. The molecular weight excluding hydrogens is 245 g/mol. The Bertz CT molecular complexity index is 537. The van der Waals surface area contributed by atoms with Gasteiger partial charge in [-0.25, -0.2) is 4.39 Å². The number of benzene rings is 1. The second-order valence-electron chi connectivity index (χ2n) is 4.46.